The van der Waals surface area contributed by atoms with Crippen LogP contribution in [-0.4, -0.2) is 43.5 Å². The number of pyridine rings is 1. The van der Waals surface area contributed by atoms with Gasteiger partial charge >= 0.3 is 0 Å². The summed E-state index contributed by atoms with van der Waals surface area (Å²) in [6, 6.07) is 13.2. The van der Waals surface area contributed by atoms with Gasteiger partial charge in [0.15, 0.2) is 11.6 Å². The molecular formula is C21H21FN2O4S. The van der Waals surface area contributed by atoms with Crippen LogP contribution in [-0.2, 0) is 10.0 Å². The van der Waals surface area contributed by atoms with Crippen molar-refractivity contribution in [1.82, 2.24) is 9.29 Å². The normalized spacial score (nSPS) is 17.5. The number of halogens is 1. The number of ether oxygens (including phenoxy) is 2. The Hall–Kier alpha value is -2.71. The first-order valence-electron chi connectivity index (χ1n) is 9.42. The fourth-order valence-electron chi connectivity index (χ4n) is 3.43. The summed E-state index contributed by atoms with van der Waals surface area (Å²) >= 11 is 0. The summed E-state index contributed by atoms with van der Waals surface area (Å²) in [5.41, 5.74) is 0.741. The first kappa shape index (κ1) is 19.6. The molecule has 1 aliphatic rings. The molecule has 1 unspecified atom stereocenters. The van der Waals surface area contributed by atoms with E-state index < -0.39 is 15.8 Å². The maximum Gasteiger partial charge on any atom is 0.243 e. The van der Waals surface area contributed by atoms with Crippen LogP contribution in [0.15, 0.2) is 59.6 Å². The lowest BCUT2D eigenvalue weighted by atomic mass is 10.2. The Balaban J connectivity index is 1.51. The highest BCUT2D eigenvalue weighted by Gasteiger charge is 2.34. The zero-order valence-corrected chi connectivity index (χ0v) is 16.7. The molecule has 3 aromatic rings. The minimum absolute atomic E-state index is 0.0394. The van der Waals surface area contributed by atoms with Crippen LogP contribution in [0.4, 0.5) is 4.39 Å². The van der Waals surface area contributed by atoms with E-state index >= 15 is 0 Å². The predicted molar refractivity (Wildman–Crippen MR) is 107 cm³/mol. The van der Waals surface area contributed by atoms with Gasteiger partial charge in [-0.1, -0.05) is 18.2 Å². The Kier molecular flexibility index (Phi) is 5.38. The average molecular weight is 416 g/mol. The number of aromatic nitrogens is 1. The van der Waals surface area contributed by atoms with Gasteiger partial charge in [0.05, 0.1) is 18.0 Å². The van der Waals surface area contributed by atoms with E-state index in [2.05, 4.69) is 4.98 Å². The molecule has 2 aromatic carbocycles. The number of fused-ring (bicyclic) bond motifs is 1. The van der Waals surface area contributed by atoms with Crippen LogP contribution in [0.2, 0.25) is 0 Å². The van der Waals surface area contributed by atoms with Crippen molar-refractivity contribution in [2.45, 2.75) is 24.3 Å². The van der Waals surface area contributed by atoms with Crippen LogP contribution >= 0.6 is 0 Å². The number of nitrogens with zero attached hydrogens (tertiary/aromatic N) is 2. The molecule has 0 saturated carbocycles. The highest BCUT2D eigenvalue weighted by Crippen LogP contribution is 2.29. The lowest BCUT2D eigenvalue weighted by Gasteiger charge is -2.18. The summed E-state index contributed by atoms with van der Waals surface area (Å²) in [7, 11) is -3.82. The first-order valence-corrected chi connectivity index (χ1v) is 10.9. The van der Waals surface area contributed by atoms with Crippen molar-refractivity contribution < 1.29 is 22.3 Å². The minimum atomic E-state index is -3.82. The Bertz CT molecular complexity index is 1130. The number of benzene rings is 2. The highest BCUT2D eigenvalue weighted by molar-refractivity contribution is 7.89. The summed E-state index contributed by atoms with van der Waals surface area (Å²) in [4.78, 5) is 4.27. The Morgan fingerprint density at radius 2 is 2.00 bits per heavy atom. The van der Waals surface area contributed by atoms with Gasteiger partial charge in [0.2, 0.25) is 10.0 Å². The SMILES string of the molecule is CCOc1ccc(S(=O)(=O)N2CCC(Oc3cccc4cccnc34)C2)cc1F. The van der Waals surface area contributed by atoms with E-state index in [0.717, 1.165) is 17.0 Å². The molecule has 1 atom stereocenters. The molecule has 8 heteroatoms. The lowest BCUT2D eigenvalue weighted by molar-refractivity contribution is 0.218. The maximum absolute atomic E-state index is 14.1. The molecule has 1 saturated heterocycles. The molecule has 1 aromatic heterocycles. The maximum atomic E-state index is 14.1. The molecule has 0 radical (unpaired) electrons. The van der Waals surface area contributed by atoms with Crippen LogP contribution in [0.1, 0.15) is 13.3 Å². The second-order valence-corrected chi connectivity index (χ2v) is 8.69. The number of rotatable bonds is 6. The molecule has 1 aliphatic heterocycles. The van der Waals surface area contributed by atoms with E-state index in [0.29, 0.717) is 25.3 Å². The Labute approximate surface area is 168 Å². The van der Waals surface area contributed by atoms with E-state index in [-0.39, 0.29) is 23.3 Å². The molecule has 29 heavy (non-hydrogen) atoms. The monoisotopic (exact) mass is 416 g/mol. The van der Waals surface area contributed by atoms with Crippen molar-refractivity contribution in [1.29, 1.82) is 0 Å². The Morgan fingerprint density at radius 3 is 2.79 bits per heavy atom. The zero-order valence-electron chi connectivity index (χ0n) is 15.9. The second-order valence-electron chi connectivity index (χ2n) is 6.75. The molecular weight excluding hydrogens is 395 g/mol. The van der Waals surface area contributed by atoms with Gasteiger partial charge in [0, 0.05) is 18.1 Å². The molecule has 152 valence electrons. The molecule has 1 fully saturated rings. The molecule has 6 nitrogen and oxygen atoms in total. The van der Waals surface area contributed by atoms with E-state index in [1.165, 1.54) is 16.4 Å². The molecule has 0 amide bonds. The number of hydrogen-bond acceptors (Lipinski definition) is 5. The van der Waals surface area contributed by atoms with Crippen LogP contribution in [0.5, 0.6) is 11.5 Å². The quantitative estimate of drug-likeness (QED) is 0.614. The summed E-state index contributed by atoms with van der Waals surface area (Å²) in [5, 5.41) is 0.956. The van der Waals surface area contributed by atoms with Gasteiger partial charge in [-0.2, -0.15) is 4.31 Å². The van der Waals surface area contributed by atoms with Crippen molar-refractivity contribution in [3.63, 3.8) is 0 Å². The van der Waals surface area contributed by atoms with Crippen LogP contribution in [0.3, 0.4) is 0 Å². The average Bonchev–Trinajstić information content (AvgIpc) is 3.19. The van der Waals surface area contributed by atoms with E-state index in [1.807, 2.05) is 30.3 Å². The van der Waals surface area contributed by atoms with E-state index in [1.54, 1.807) is 13.1 Å². The van der Waals surface area contributed by atoms with Crippen molar-refractivity contribution in [3.8, 4) is 11.5 Å². The number of hydrogen-bond donors (Lipinski definition) is 0. The summed E-state index contributed by atoms with van der Waals surface area (Å²) in [6.45, 7) is 2.54. The fourth-order valence-corrected chi connectivity index (χ4v) is 4.93. The van der Waals surface area contributed by atoms with Crippen molar-refractivity contribution >= 4 is 20.9 Å². The molecule has 0 spiro atoms. The third-order valence-electron chi connectivity index (χ3n) is 4.84. The van der Waals surface area contributed by atoms with Crippen molar-refractivity contribution in [2.75, 3.05) is 19.7 Å². The van der Waals surface area contributed by atoms with Gasteiger partial charge in [-0.15, -0.1) is 0 Å². The van der Waals surface area contributed by atoms with Gasteiger partial charge < -0.3 is 9.47 Å². The Morgan fingerprint density at radius 1 is 1.17 bits per heavy atom. The zero-order chi connectivity index (χ0) is 20.4. The van der Waals surface area contributed by atoms with Crippen LogP contribution in [0, 0.1) is 5.82 Å². The van der Waals surface area contributed by atoms with E-state index in [9.17, 15) is 12.8 Å². The van der Waals surface area contributed by atoms with Gasteiger partial charge in [0.1, 0.15) is 17.4 Å². The minimum Gasteiger partial charge on any atom is -0.491 e. The highest BCUT2D eigenvalue weighted by atomic mass is 32.2. The van der Waals surface area contributed by atoms with Gasteiger partial charge in [-0.3, -0.25) is 4.98 Å². The predicted octanol–water partition coefficient (Wildman–Crippen LogP) is 3.61. The van der Waals surface area contributed by atoms with Crippen molar-refractivity contribution in [3.05, 3.63) is 60.5 Å². The van der Waals surface area contributed by atoms with Crippen LogP contribution < -0.4 is 9.47 Å². The van der Waals surface area contributed by atoms with Gasteiger partial charge in [0.25, 0.3) is 0 Å². The number of para-hydroxylation sites is 1. The first-order chi connectivity index (χ1) is 14.0. The molecule has 0 bridgehead atoms. The summed E-state index contributed by atoms with van der Waals surface area (Å²) in [5.74, 6) is -0.0289. The smallest absolute Gasteiger partial charge is 0.243 e. The van der Waals surface area contributed by atoms with Gasteiger partial charge in [-0.05, 0) is 43.7 Å². The molecule has 0 N–H and O–H groups in total. The molecule has 0 aliphatic carbocycles. The number of sulfonamides is 1. The van der Waals surface area contributed by atoms with Crippen LogP contribution in [0.25, 0.3) is 10.9 Å². The summed E-state index contributed by atoms with van der Waals surface area (Å²) < 4.78 is 52.5. The standard InChI is InChI=1S/C21H21FN2O4S/c1-2-27-19-9-8-17(13-18(19)22)29(25,26)24-12-10-16(14-24)28-20-7-3-5-15-6-4-11-23-21(15)20/h3-9,11,13,16H,2,10,12,14H2,1H3. The third-order valence-corrected chi connectivity index (χ3v) is 6.70. The van der Waals surface area contributed by atoms with Gasteiger partial charge in [-0.25, -0.2) is 12.8 Å². The second kappa shape index (κ2) is 7.96. The van der Waals surface area contributed by atoms with E-state index in [4.69, 9.17) is 9.47 Å². The topological polar surface area (TPSA) is 68.7 Å². The van der Waals surface area contributed by atoms with Crippen molar-refractivity contribution in [2.24, 2.45) is 0 Å². The molecule has 4 rings (SSSR count). The third kappa shape index (κ3) is 3.90. The summed E-state index contributed by atoms with van der Waals surface area (Å²) in [6.07, 6.45) is 1.94. The fraction of sp³-hybridized carbons (Fsp3) is 0.286. The molecule has 2 heterocycles. The lowest BCUT2D eigenvalue weighted by Crippen LogP contribution is -2.31. The largest absolute Gasteiger partial charge is 0.491 e.